The first kappa shape index (κ1) is 11.3. The van der Waals surface area contributed by atoms with Gasteiger partial charge in [-0.15, -0.1) is 0 Å². The molecule has 0 aromatic heterocycles. The summed E-state index contributed by atoms with van der Waals surface area (Å²) >= 11 is 0. The molecule has 2 rings (SSSR count). The van der Waals surface area contributed by atoms with Crippen molar-refractivity contribution in [2.24, 2.45) is 5.92 Å². The molecule has 3 nitrogen and oxygen atoms in total. The lowest BCUT2D eigenvalue weighted by molar-refractivity contribution is 0.233. The molecule has 1 aromatic rings. The predicted molar refractivity (Wildman–Crippen MR) is 66.6 cm³/mol. The number of ether oxygens (including phenoxy) is 1. The zero-order chi connectivity index (χ0) is 11.4. The van der Waals surface area contributed by atoms with Crippen LogP contribution in [-0.4, -0.2) is 31.6 Å². The number of likely N-dealkylation sites (N-methyl/N-ethyl adjacent to an activating group) is 1. The molecule has 1 fully saturated rings. The number of rotatable bonds is 6. The van der Waals surface area contributed by atoms with Crippen LogP contribution in [0, 0.1) is 5.92 Å². The average Bonchev–Trinajstić information content (AvgIpc) is 3.05. The van der Waals surface area contributed by atoms with E-state index in [-0.39, 0.29) is 0 Å². The Hall–Kier alpha value is -1.22. The fourth-order valence-electron chi connectivity index (χ4n) is 1.76. The molecular weight excluding hydrogens is 200 g/mol. The normalized spacial score (nSPS) is 15.4. The first-order valence-corrected chi connectivity index (χ1v) is 5.91. The Labute approximate surface area is 97.2 Å². The van der Waals surface area contributed by atoms with Crippen molar-refractivity contribution in [1.82, 2.24) is 4.90 Å². The van der Waals surface area contributed by atoms with Gasteiger partial charge >= 0.3 is 0 Å². The molecular formula is C13H20N2O. The molecule has 1 aliphatic carbocycles. The van der Waals surface area contributed by atoms with Gasteiger partial charge < -0.3 is 15.4 Å². The quantitative estimate of drug-likeness (QED) is 0.745. The van der Waals surface area contributed by atoms with Crippen LogP contribution < -0.4 is 10.5 Å². The molecule has 0 heterocycles. The predicted octanol–water partition coefficient (Wildman–Crippen LogP) is 1.99. The molecule has 0 radical (unpaired) electrons. The van der Waals surface area contributed by atoms with Crippen LogP contribution in [0.25, 0.3) is 0 Å². The summed E-state index contributed by atoms with van der Waals surface area (Å²) in [5.74, 6) is 1.73. The third kappa shape index (κ3) is 3.42. The van der Waals surface area contributed by atoms with Crippen molar-refractivity contribution in [3.05, 3.63) is 24.3 Å². The van der Waals surface area contributed by atoms with Crippen LogP contribution >= 0.6 is 0 Å². The van der Waals surface area contributed by atoms with Gasteiger partial charge in [0.05, 0.1) is 5.69 Å². The second-order valence-electron chi connectivity index (χ2n) is 4.59. The van der Waals surface area contributed by atoms with Crippen molar-refractivity contribution < 1.29 is 4.74 Å². The smallest absolute Gasteiger partial charge is 0.142 e. The molecule has 0 spiro atoms. The van der Waals surface area contributed by atoms with Crippen LogP contribution in [0.5, 0.6) is 5.75 Å². The monoisotopic (exact) mass is 220 g/mol. The second kappa shape index (κ2) is 5.21. The molecule has 88 valence electrons. The summed E-state index contributed by atoms with van der Waals surface area (Å²) in [7, 11) is 2.15. The Morgan fingerprint density at radius 3 is 2.81 bits per heavy atom. The highest BCUT2D eigenvalue weighted by atomic mass is 16.5. The molecule has 0 bridgehead atoms. The lowest BCUT2D eigenvalue weighted by atomic mass is 10.3. The molecule has 3 heteroatoms. The average molecular weight is 220 g/mol. The number of nitrogens with zero attached hydrogens (tertiary/aromatic N) is 1. The van der Waals surface area contributed by atoms with E-state index in [4.69, 9.17) is 10.5 Å². The van der Waals surface area contributed by atoms with Crippen molar-refractivity contribution in [3.8, 4) is 5.75 Å². The fourth-order valence-corrected chi connectivity index (χ4v) is 1.76. The van der Waals surface area contributed by atoms with E-state index >= 15 is 0 Å². The number of nitrogens with two attached hydrogens (primary N) is 1. The number of anilines is 1. The van der Waals surface area contributed by atoms with E-state index in [2.05, 4.69) is 11.9 Å². The van der Waals surface area contributed by atoms with E-state index in [0.717, 1.165) is 18.2 Å². The van der Waals surface area contributed by atoms with E-state index < -0.39 is 0 Å². The molecule has 0 saturated heterocycles. The number of benzene rings is 1. The van der Waals surface area contributed by atoms with Gasteiger partial charge in [0.1, 0.15) is 12.4 Å². The highest BCUT2D eigenvalue weighted by Crippen LogP contribution is 2.29. The number of nitrogen functional groups attached to an aromatic ring is 1. The molecule has 2 N–H and O–H groups in total. The summed E-state index contributed by atoms with van der Waals surface area (Å²) in [6.45, 7) is 2.87. The molecule has 0 amide bonds. The number of para-hydroxylation sites is 2. The van der Waals surface area contributed by atoms with Crippen LogP contribution in [0.4, 0.5) is 5.69 Å². The zero-order valence-corrected chi connectivity index (χ0v) is 9.86. The first-order valence-electron chi connectivity index (χ1n) is 5.91. The molecule has 0 unspecified atom stereocenters. The number of hydrogen-bond donors (Lipinski definition) is 1. The summed E-state index contributed by atoms with van der Waals surface area (Å²) in [5, 5.41) is 0. The molecule has 0 aliphatic heterocycles. The van der Waals surface area contributed by atoms with E-state index in [9.17, 15) is 0 Å². The summed E-state index contributed by atoms with van der Waals surface area (Å²) in [4.78, 5) is 2.33. The highest BCUT2D eigenvalue weighted by Gasteiger charge is 2.22. The zero-order valence-electron chi connectivity index (χ0n) is 9.86. The maximum Gasteiger partial charge on any atom is 0.142 e. The van der Waals surface area contributed by atoms with E-state index in [1.54, 1.807) is 0 Å². The van der Waals surface area contributed by atoms with Crippen LogP contribution in [0.3, 0.4) is 0 Å². The van der Waals surface area contributed by atoms with Crippen molar-refractivity contribution >= 4 is 5.69 Å². The topological polar surface area (TPSA) is 38.5 Å². The van der Waals surface area contributed by atoms with Gasteiger partial charge in [-0.25, -0.2) is 0 Å². The van der Waals surface area contributed by atoms with Crippen LogP contribution in [0.15, 0.2) is 24.3 Å². The minimum Gasteiger partial charge on any atom is -0.490 e. The Balaban J connectivity index is 1.68. The fraction of sp³-hybridized carbons (Fsp3) is 0.538. The third-order valence-electron chi connectivity index (χ3n) is 2.92. The van der Waals surface area contributed by atoms with E-state index in [1.165, 1.54) is 19.4 Å². The van der Waals surface area contributed by atoms with Gasteiger partial charge in [-0.3, -0.25) is 0 Å². The maximum atomic E-state index is 5.79. The molecule has 1 aliphatic rings. The Morgan fingerprint density at radius 2 is 2.12 bits per heavy atom. The van der Waals surface area contributed by atoms with Crippen LogP contribution in [0.1, 0.15) is 12.8 Å². The Morgan fingerprint density at radius 1 is 1.38 bits per heavy atom. The van der Waals surface area contributed by atoms with Crippen LogP contribution in [0.2, 0.25) is 0 Å². The van der Waals surface area contributed by atoms with Crippen molar-refractivity contribution in [1.29, 1.82) is 0 Å². The SMILES string of the molecule is CN(CCOc1ccccc1N)CC1CC1. The molecule has 1 aromatic carbocycles. The second-order valence-corrected chi connectivity index (χ2v) is 4.59. The van der Waals surface area contributed by atoms with Gasteiger partial charge in [0.25, 0.3) is 0 Å². The molecule has 16 heavy (non-hydrogen) atoms. The van der Waals surface area contributed by atoms with Gasteiger partial charge in [-0.05, 0) is 37.9 Å². The van der Waals surface area contributed by atoms with Gasteiger partial charge in [0, 0.05) is 13.1 Å². The van der Waals surface area contributed by atoms with Crippen LogP contribution in [-0.2, 0) is 0 Å². The van der Waals surface area contributed by atoms with Gasteiger partial charge in [0.15, 0.2) is 0 Å². The standard InChI is InChI=1S/C13H20N2O/c1-15(10-11-6-7-11)8-9-16-13-5-3-2-4-12(13)14/h2-5,11H,6-10,14H2,1H3. The minimum absolute atomic E-state index is 0.706. The lowest BCUT2D eigenvalue weighted by Crippen LogP contribution is -2.26. The summed E-state index contributed by atoms with van der Waals surface area (Å²) < 4.78 is 5.64. The Kier molecular flexibility index (Phi) is 3.67. The summed E-state index contributed by atoms with van der Waals surface area (Å²) in [6, 6.07) is 7.64. The van der Waals surface area contributed by atoms with E-state index in [0.29, 0.717) is 12.3 Å². The number of hydrogen-bond acceptors (Lipinski definition) is 3. The highest BCUT2D eigenvalue weighted by molar-refractivity contribution is 5.51. The van der Waals surface area contributed by atoms with Gasteiger partial charge in [0.2, 0.25) is 0 Å². The van der Waals surface area contributed by atoms with Gasteiger partial charge in [-0.1, -0.05) is 12.1 Å². The largest absolute Gasteiger partial charge is 0.490 e. The van der Waals surface area contributed by atoms with Crippen molar-refractivity contribution in [3.63, 3.8) is 0 Å². The summed E-state index contributed by atoms with van der Waals surface area (Å²) in [5.41, 5.74) is 6.50. The van der Waals surface area contributed by atoms with E-state index in [1.807, 2.05) is 24.3 Å². The summed E-state index contributed by atoms with van der Waals surface area (Å²) in [6.07, 6.45) is 2.80. The van der Waals surface area contributed by atoms with Crippen molar-refractivity contribution in [2.45, 2.75) is 12.8 Å². The molecule has 1 saturated carbocycles. The minimum atomic E-state index is 0.706. The molecule has 0 atom stereocenters. The maximum absolute atomic E-state index is 5.79. The van der Waals surface area contributed by atoms with Gasteiger partial charge in [-0.2, -0.15) is 0 Å². The lowest BCUT2D eigenvalue weighted by Gasteiger charge is -2.16. The first-order chi connectivity index (χ1) is 7.75. The van der Waals surface area contributed by atoms with Crippen molar-refractivity contribution in [2.75, 3.05) is 32.5 Å². The third-order valence-corrected chi connectivity index (χ3v) is 2.92. The Bertz CT molecular complexity index is 336.